The standard InChI is InChI=1S/C7H12O/c1-2-7(8)5-6-3-4-6/h6H,2-5H2,1H3. The van der Waals surface area contributed by atoms with Crippen LogP contribution in [0.1, 0.15) is 32.6 Å². The molecule has 1 aliphatic carbocycles. The molecule has 1 heteroatoms. The molecule has 0 aromatic carbocycles. The zero-order valence-electron chi connectivity index (χ0n) is 5.31. The Labute approximate surface area is 50.1 Å². The van der Waals surface area contributed by atoms with E-state index in [1.165, 1.54) is 12.8 Å². The van der Waals surface area contributed by atoms with Crippen molar-refractivity contribution in [3.8, 4) is 0 Å². The normalized spacial score (nSPS) is 18.6. The zero-order valence-corrected chi connectivity index (χ0v) is 5.31. The topological polar surface area (TPSA) is 17.1 Å². The van der Waals surface area contributed by atoms with Gasteiger partial charge in [0.25, 0.3) is 0 Å². The van der Waals surface area contributed by atoms with Crippen LogP contribution in [0.2, 0.25) is 0 Å². The van der Waals surface area contributed by atoms with Crippen LogP contribution in [0, 0.1) is 5.92 Å². The molecule has 1 saturated carbocycles. The summed E-state index contributed by atoms with van der Waals surface area (Å²) in [5.41, 5.74) is 0. The number of carbonyl (C=O) groups excluding carboxylic acids is 1. The summed E-state index contributed by atoms with van der Waals surface area (Å²) in [6, 6.07) is 0. The Bertz CT molecular complexity index is 92.6. The highest BCUT2D eigenvalue weighted by molar-refractivity contribution is 5.78. The third-order valence-corrected chi connectivity index (χ3v) is 1.61. The number of ketones is 1. The van der Waals surface area contributed by atoms with Crippen molar-refractivity contribution in [2.75, 3.05) is 0 Å². The van der Waals surface area contributed by atoms with E-state index in [0.29, 0.717) is 5.78 Å². The summed E-state index contributed by atoms with van der Waals surface area (Å²) < 4.78 is 0. The third-order valence-electron chi connectivity index (χ3n) is 1.61. The van der Waals surface area contributed by atoms with Gasteiger partial charge in [0.1, 0.15) is 5.78 Å². The van der Waals surface area contributed by atoms with E-state index in [-0.39, 0.29) is 0 Å². The van der Waals surface area contributed by atoms with E-state index in [2.05, 4.69) is 0 Å². The van der Waals surface area contributed by atoms with Crippen LogP contribution < -0.4 is 0 Å². The van der Waals surface area contributed by atoms with Crippen molar-refractivity contribution in [2.24, 2.45) is 5.92 Å². The zero-order chi connectivity index (χ0) is 5.98. The molecule has 1 rings (SSSR count). The van der Waals surface area contributed by atoms with Gasteiger partial charge in [-0.15, -0.1) is 0 Å². The smallest absolute Gasteiger partial charge is 0.132 e. The molecule has 0 heterocycles. The van der Waals surface area contributed by atoms with E-state index >= 15 is 0 Å². The van der Waals surface area contributed by atoms with Gasteiger partial charge in [-0.25, -0.2) is 0 Å². The first-order valence-corrected chi connectivity index (χ1v) is 3.34. The molecule has 0 atom stereocenters. The lowest BCUT2D eigenvalue weighted by Crippen LogP contribution is -1.94. The predicted molar refractivity (Wildman–Crippen MR) is 32.6 cm³/mol. The average molecular weight is 112 g/mol. The predicted octanol–water partition coefficient (Wildman–Crippen LogP) is 1.77. The van der Waals surface area contributed by atoms with Gasteiger partial charge in [0, 0.05) is 12.8 Å². The number of carbonyl (C=O) groups is 1. The van der Waals surface area contributed by atoms with Crippen molar-refractivity contribution < 1.29 is 4.79 Å². The summed E-state index contributed by atoms with van der Waals surface area (Å²) in [6.45, 7) is 1.94. The fraction of sp³-hybridized carbons (Fsp3) is 0.857. The average Bonchev–Trinajstić information content (AvgIpc) is 2.50. The third kappa shape index (κ3) is 1.65. The summed E-state index contributed by atoms with van der Waals surface area (Å²) in [4.78, 5) is 10.7. The summed E-state index contributed by atoms with van der Waals surface area (Å²) >= 11 is 0. The van der Waals surface area contributed by atoms with Gasteiger partial charge in [-0.05, 0) is 18.8 Å². The van der Waals surface area contributed by atoms with E-state index in [1.54, 1.807) is 0 Å². The van der Waals surface area contributed by atoms with Crippen LogP contribution in [0.25, 0.3) is 0 Å². The summed E-state index contributed by atoms with van der Waals surface area (Å²) in [6.07, 6.45) is 4.18. The van der Waals surface area contributed by atoms with Gasteiger partial charge in [-0.1, -0.05) is 6.92 Å². The van der Waals surface area contributed by atoms with Gasteiger partial charge in [0.05, 0.1) is 0 Å². The van der Waals surface area contributed by atoms with Crippen LogP contribution in [0.15, 0.2) is 0 Å². The molecule has 1 fully saturated rings. The monoisotopic (exact) mass is 112 g/mol. The number of rotatable bonds is 3. The van der Waals surface area contributed by atoms with E-state index in [0.717, 1.165) is 18.8 Å². The van der Waals surface area contributed by atoms with Crippen LogP contribution in [0.3, 0.4) is 0 Å². The fourth-order valence-electron chi connectivity index (χ4n) is 0.788. The Morgan fingerprint density at radius 3 is 2.62 bits per heavy atom. The SMILES string of the molecule is CCC(=O)CC1CC1. The fourth-order valence-corrected chi connectivity index (χ4v) is 0.788. The van der Waals surface area contributed by atoms with Gasteiger partial charge in [-0.3, -0.25) is 4.79 Å². The molecule has 0 unspecified atom stereocenters. The van der Waals surface area contributed by atoms with E-state index in [4.69, 9.17) is 0 Å². The number of Topliss-reactive ketones (excluding diaryl/α,β-unsaturated/α-hetero) is 1. The Morgan fingerprint density at radius 1 is 1.62 bits per heavy atom. The van der Waals surface area contributed by atoms with Gasteiger partial charge < -0.3 is 0 Å². The molecule has 8 heavy (non-hydrogen) atoms. The van der Waals surface area contributed by atoms with Gasteiger partial charge in [0.15, 0.2) is 0 Å². The van der Waals surface area contributed by atoms with Crippen molar-refractivity contribution in [2.45, 2.75) is 32.6 Å². The van der Waals surface area contributed by atoms with Crippen molar-refractivity contribution in [3.63, 3.8) is 0 Å². The largest absolute Gasteiger partial charge is 0.300 e. The summed E-state index contributed by atoms with van der Waals surface area (Å²) in [5, 5.41) is 0. The van der Waals surface area contributed by atoms with E-state index < -0.39 is 0 Å². The molecule has 0 radical (unpaired) electrons. The van der Waals surface area contributed by atoms with E-state index in [9.17, 15) is 4.79 Å². The molecule has 1 aliphatic rings. The van der Waals surface area contributed by atoms with Crippen molar-refractivity contribution in [3.05, 3.63) is 0 Å². The molecule has 46 valence electrons. The Hall–Kier alpha value is -0.330. The van der Waals surface area contributed by atoms with Crippen molar-refractivity contribution in [1.82, 2.24) is 0 Å². The van der Waals surface area contributed by atoms with Crippen LogP contribution in [0.5, 0.6) is 0 Å². The lowest BCUT2D eigenvalue weighted by molar-refractivity contribution is -0.119. The van der Waals surface area contributed by atoms with Crippen molar-refractivity contribution in [1.29, 1.82) is 0 Å². The molecule has 0 amide bonds. The van der Waals surface area contributed by atoms with Crippen LogP contribution in [-0.4, -0.2) is 5.78 Å². The molecule has 0 bridgehead atoms. The van der Waals surface area contributed by atoms with Crippen molar-refractivity contribution >= 4 is 5.78 Å². The van der Waals surface area contributed by atoms with E-state index in [1.807, 2.05) is 6.92 Å². The minimum absolute atomic E-state index is 0.438. The van der Waals surface area contributed by atoms with Gasteiger partial charge in [0.2, 0.25) is 0 Å². The molecular formula is C7H12O. The molecule has 0 aromatic rings. The number of hydrogen-bond acceptors (Lipinski definition) is 1. The summed E-state index contributed by atoms with van der Waals surface area (Å²) in [5.74, 6) is 1.22. The van der Waals surface area contributed by atoms with Crippen LogP contribution >= 0.6 is 0 Å². The highest BCUT2D eigenvalue weighted by atomic mass is 16.1. The molecular weight excluding hydrogens is 100 g/mol. The maximum Gasteiger partial charge on any atom is 0.132 e. The highest BCUT2D eigenvalue weighted by Crippen LogP contribution is 2.32. The van der Waals surface area contributed by atoms with Crippen LogP contribution in [-0.2, 0) is 4.79 Å². The molecule has 0 aromatic heterocycles. The minimum Gasteiger partial charge on any atom is -0.300 e. The lowest BCUT2D eigenvalue weighted by Gasteiger charge is -1.89. The quantitative estimate of drug-likeness (QED) is 0.543. The molecule has 1 nitrogen and oxygen atoms in total. The second-order valence-electron chi connectivity index (χ2n) is 2.54. The Kier molecular flexibility index (Phi) is 1.66. The highest BCUT2D eigenvalue weighted by Gasteiger charge is 2.23. The maximum atomic E-state index is 10.7. The molecule has 0 spiro atoms. The van der Waals surface area contributed by atoms with Crippen LogP contribution in [0.4, 0.5) is 0 Å². The second-order valence-corrected chi connectivity index (χ2v) is 2.54. The maximum absolute atomic E-state index is 10.7. The molecule has 0 aliphatic heterocycles. The first kappa shape index (κ1) is 5.80. The Morgan fingerprint density at radius 2 is 2.25 bits per heavy atom. The summed E-state index contributed by atoms with van der Waals surface area (Å²) in [7, 11) is 0. The first-order valence-electron chi connectivity index (χ1n) is 3.34. The minimum atomic E-state index is 0.438. The molecule has 0 saturated heterocycles. The second kappa shape index (κ2) is 2.29. The Balaban J connectivity index is 2.07. The lowest BCUT2D eigenvalue weighted by atomic mass is 10.2. The first-order chi connectivity index (χ1) is 3.83. The molecule has 0 N–H and O–H groups in total. The van der Waals surface area contributed by atoms with Gasteiger partial charge >= 0.3 is 0 Å². The van der Waals surface area contributed by atoms with Gasteiger partial charge in [-0.2, -0.15) is 0 Å². The number of hydrogen-bond donors (Lipinski definition) is 0.